The molecule has 4 heterocycles. The number of halogens is 4. The van der Waals surface area contributed by atoms with Gasteiger partial charge in [-0.05, 0) is 134 Å². The van der Waals surface area contributed by atoms with Gasteiger partial charge >= 0.3 is 34.1 Å². The number of nitrogens with zero attached hydrogens (tertiary/aromatic N) is 12. The van der Waals surface area contributed by atoms with Gasteiger partial charge in [0.2, 0.25) is 0 Å². The summed E-state index contributed by atoms with van der Waals surface area (Å²) in [5, 5.41) is 64.1. The minimum atomic E-state index is 0. The van der Waals surface area contributed by atoms with Crippen LogP contribution < -0.4 is 0 Å². The van der Waals surface area contributed by atoms with Gasteiger partial charge in [0.25, 0.3) is 0 Å². The average molecular weight is 1120 g/mol. The van der Waals surface area contributed by atoms with E-state index >= 15 is 0 Å². The van der Waals surface area contributed by atoms with Crippen LogP contribution in [0.1, 0.15) is 13.8 Å². The van der Waals surface area contributed by atoms with Crippen molar-refractivity contribution in [3.63, 3.8) is 0 Å². The van der Waals surface area contributed by atoms with Gasteiger partial charge < -0.3 is 52.5 Å². The smallest absolute Gasteiger partial charge is 0.494 e. The van der Waals surface area contributed by atoms with Crippen LogP contribution in [-0.2, 0) is 34.1 Å². The zero-order chi connectivity index (χ0) is 51.5. The molecule has 0 unspecified atom stereocenters. The van der Waals surface area contributed by atoms with Crippen LogP contribution in [0.3, 0.4) is 0 Å². The summed E-state index contributed by atoms with van der Waals surface area (Å²) in [6.45, 7) is 3.86. The molecule has 0 atom stereocenters. The summed E-state index contributed by atoms with van der Waals surface area (Å²) >= 11 is 22.4. The first-order valence-corrected chi connectivity index (χ1v) is 21.9. The zero-order valence-corrected chi connectivity index (χ0v) is 43.8. The maximum Gasteiger partial charge on any atom is 2.00 e. The van der Waals surface area contributed by atoms with E-state index in [1.807, 2.05) is 72.8 Å². The number of benzene rings is 4. The minimum Gasteiger partial charge on any atom is -0.494 e. The van der Waals surface area contributed by atoms with Gasteiger partial charge in [-0.1, -0.05) is 144 Å². The fraction of sp³-hybridized carbons (Fsp3) is 0.0769. The van der Waals surface area contributed by atoms with Crippen LogP contribution in [0.2, 0.25) is 20.1 Å². The van der Waals surface area contributed by atoms with E-state index in [-0.39, 0.29) is 47.4 Å². The Morgan fingerprint density at radius 1 is 0.361 bits per heavy atom. The van der Waals surface area contributed by atoms with Gasteiger partial charge in [-0.15, -0.1) is 0 Å². The summed E-state index contributed by atoms with van der Waals surface area (Å²) in [6, 6.07) is 50.5. The van der Waals surface area contributed by atoms with Crippen molar-refractivity contribution in [1.29, 1.82) is 21.0 Å². The van der Waals surface area contributed by atoms with Crippen molar-refractivity contribution in [2.45, 2.75) is 13.8 Å². The third-order valence-corrected chi connectivity index (χ3v) is 8.07. The number of aliphatic hydroxyl groups is 2. The number of aromatic nitrogens is 4. The molecular formula is C52H44Cl4Mn2N12O2. The van der Waals surface area contributed by atoms with Crippen LogP contribution in [0.5, 0.6) is 0 Å². The van der Waals surface area contributed by atoms with Crippen LogP contribution in [0, 0.1) is 45.8 Å². The second-order valence-electron chi connectivity index (χ2n) is 12.3. The molecule has 4 aromatic carbocycles. The maximum absolute atomic E-state index is 8.15. The Labute approximate surface area is 461 Å². The Bertz CT molecular complexity index is 2410. The Balaban J connectivity index is 0. The molecule has 2 radical (unpaired) electrons. The Hall–Kier alpha value is -7.24. The Morgan fingerprint density at radius 3 is 0.694 bits per heavy atom. The van der Waals surface area contributed by atoms with Crippen molar-refractivity contribution >= 4 is 69.2 Å². The average Bonchev–Trinajstić information content (AvgIpc) is 3.37. The van der Waals surface area contributed by atoms with Crippen LogP contribution in [0.15, 0.2) is 195 Å². The molecule has 0 bridgehead atoms. The molecule has 20 heteroatoms. The number of hydrogen-bond donors (Lipinski definition) is 2. The number of pyridine rings is 4. The molecule has 0 aliphatic carbocycles. The van der Waals surface area contributed by atoms with Gasteiger partial charge in [-0.25, -0.2) is 0 Å². The normalized spacial score (nSPS) is 8.39. The van der Waals surface area contributed by atoms with Gasteiger partial charge in [0.05, 0.1) is 22.8 Å². The molecule has 0 aliphatic heterocycles. The molecular weight excluding hydrogens is 1080 g/mol. The standard InChI is InChI=1S/2C10H8N2.4C7H4ClN2.2C2H6O.2Mn/c2*1-3-7-11-9(5-1)10-6-2-4-8-12-10;4*8-6-2-1-3-7(4-6)10-5-9;2*1-2-3;;/h2*1-8H;4*1-4H;2*3H,2H2,1H3;;/q;;4*-1;;;2*+2. The molecule has 8 rings (SSSR count). The van der Waals surface area contributed by atoms with Crippen LogP contribution >= 0.6 is 46.4 Å². The van der Waals surface area contributed by atoms with Crippen molar-refractivity contribution in [2.75, 3.05) is 13.2 Å². The summed E-state index contributed by atoms with van der Waals surface area (Å²) in [7, 11) is 0. The van der Waals surface area contributed by atoms with E-state index in [1.165, 1.54) is 0 Å². The van der Waals surface area contributed by atoms with E-state index in [0.717, 1.165) is 22.8 Å². The van der Waals surface area contributed by atoms with E-state index in [0.29, 0.717) is 42.8 Å². The van der Waals surface area contributed by atoms with E-state index in [1.54, 1.807) is 160 Å². The molecule has 4 aromatic heterocycles. The summed E-state index contributed by atoms with van der Waals surface area (Å²) in [5.74, 6) is 0. The molecule has 0 fully saturated rings. The van der Waals surface area contributed by atoms with Crippen molar-refractivity contribution in [1.82, 2.24) is 19.9 Å². The van der Waals surface area contributed by atoms with E-state index in [4.69, 9.17) is 77.7 Å². The van der Waals surface area contributed by atoms with Crippen LogP contribution in [0.25, 0.3) is 44.0 Å². The second-order valence-corrected chi connectivity index (χ2v) is 14.0. The number of hydrogen-bond acceptors (Lipinski definition) is 10. The number of aliphatic hydroxyl groups excluding tert-OH is 2. The van der Waals surface area contributed by atoms with Crippen LogP contribution in [0.4, 0.5) is 22.7 Å². The summed E-state index contributed by atoms with van der Waals surface area (Å²) in [6.07, 6.45) is 13.8. The first kappa shape index (κ1) is 66.8. The molecule has 0 saturated heterocycles. The van der Waals surface area contributed by atoms with Crippen molar-refractivity contribution in [3.05, 3.63) is 236 Å². The summed E-state index contributed by atoms with van der Waals surface area (Å²) < 4.78 is 0. The summed E-state index contributed by atoms with van der Waals surface area (Å²) in [5.41, 5.74) is 6.03. The monoisotopic (exact) mass is 1120 g/mol. The van der Waals surface area contributed by atoms with Crippen molar-refractivity contribution in [2.24, 2.45) is 0 Å². The molecule has 8 aromatic rings. The fourth-order valence-electron chi connectivity index (χ4n) is 4.47. The van der Waals surface area contributed by atoms with Gasteiger partial charge in [-0.3, -0.25) is 19.9 Å². The van der Waals surface area contributed by atoms with Gasteiger partial charge in [0.15, 0.2) is 0 Å². The fourth-order valence-corrected chi connectivity index (χ4v) is 5.21. The Kier molecular flexibility index (Phi) is 41.7. The molecule has 0 amide bonds. The van der Waals surface area contributed by atoms with E-state index < -0.39 is 0 Å². The third kappa shape index (κ3) is 33.3. The Morgan fingerprint density at radius 2 is 0.556 bits per heavy atom. The SMILES string of the molecule is CCO.CCO.N#C[N-]c1cccc(Cl)c1.N#C[N-]c1cccc(Cl)c1.N#C[N-]c1cccc(Cl)c1.N#C[N-]c1cccc(Cl)c1.[Mn+2].[Mn+2].c1ccc(-c2ccccn2)nc1.c1ccc(-c2ccccn2)nc1. The largest absolute Gasteiger partial charge is 2.00 e. The molecule has 0 aliphatic rings. The van der Waals surface area contributed by atoms with E-state index in [2.05, 4.69) is 41.2 Å². The molecule has 72 heavy (non-hydrogen) atoms. The first-order valence-electron chi connectivity index (χ1n) is 20.4. The third-order valence-electron chi connectivity index (χ3n) is 7.13. The summed E-state index contributed by atoms with van der Waals surface area (Å²) in [4.78, 5) is 16.7. The van der Waals surface area contributed by atoms with Gasteiger partial charge in [0, 0.05) is 58.1 Å². The minimum absolute atomic E-state index is 0. The molecule has 2 N–H and O–H groups in total. The van der Waals surface area contributed by atoms with E-state index in [9.17, 15) is 0 Å². The molecule has 366 valence electrons. The number of nitriles is 4. The van der Waals surface area contributed by atoms with Gasteiger partial charge in [0.1, 0.15) is 0 Å². The van der Waals surface area contributed by atoms with Crippen molar-refractivity contribution in [3.8, 4) is 47.5 Å². The molecule has 0 saturated carbocycles. The molecule has 14 nitrogen and oxygen atoms in total. The zero-order valence-electron chi connectivity index (χ0n) is 38.4. The second kappa shape index (κ2) is 44.9. The van der Waals surface area contributed by atoms with Gasteiger partial charge in [-0.2, -0.15) is 0 Å². The van der Waals surface area contributed by atoms with Crippen molar-refractivity contribution < 1.29 is 44.4 Å². The maximum atomic E-state index is 8.15. The topological polar surface area (TPSA) is 244 Å². The quantitative estimate of drug-likeness (QED) is 0.118. The van der Waals surface area contributed by atoms with Crippen LogP contribution in [-0.4, -0.2) is 43.4 Å². The predicted octanol–water partition coefficient (Wildman–Crippen LogP) is 15.6. The molecule has 0 spiro atoms. The predicted molar refractivity (Wildman–Crippen MR) is 281 cm³/mol. The first-order chi connectivity index (χ1) is 34.1. The number of rotatable bonds is 6.